The highest BCUT2D eigenvalue weighted by molar-refractivity contribution is 7.93. The van der Waals surface area contributed by atoms with E-state index < -0.39 is 9.84 Å². The van der Waals surface area contributed by atoms with Crippen molar-refractivity contribution in [3.63, 3.8) is 0 Å². The molecule has 0 aliphatic carbocycles. The zero-order valence-electron chi connectivity index (χ0n) is 16.8. The van der Waals surface area contributed by atoms with Crippen LogP contribution in [0.3, 0.4) is 0 Å². The second kappa shape index (κ2) is 7.74. The molecule has 0 radical (unpaired) electrons. The normalized spacial score (nSPS) is 12.2. The molecular formula is C22H17N5O3S2. The van der Waals surface area contributed by atoms with Crippen LogP contribution in [0.4, 0.5) is 5.82 Å². The van der Waals surface area contributed by atoms with Crippen LogP contribution in [-0.2, 0) is 9.84 Å². The Morgan fingerprint density at radius 1 is 1.03 bits per heavy atom. The number of benzene rings is 2. The number of fused-ring (bicyclic) bond motifs is 2. The molecule has 0 unspecified atom stereocenters. The van der Waals surface area contributed by atoms with Gasteiger partial charge in [0.05, 0.1) is 24.4 Å². The van der Waals surface area contributed by atoms with E-state index in [0.717, 1.165) is 11.3 Å². The summed E-state index contributed by atoms with van der Waals surface area (Å²) in [6, 6.07) is 17.8. The van der Waals surface area contributed by atoms with E-state index in [1.54, 1.807) is 43.0 Å². The molecule has 8 nitrogen and oxygen atoms in total. The fourth-order valence-electron chi connectivity index (χ4n) is 3.41. The first-order chi connectivity index (χ1) is 15.5. The lowest BCUT2D eigenvalue weighted by molar-refractivity contribution is 0.414. The van der Waals surface area contributed by atoms with Gasteiger partial charge in [-0.2, -0.15) is 9.78 Å². The number of para-hydroxylation sites is 3. The molecule has 5 rings (SSSR count). The number of rotatable bonds is 5. The van der Waals surface area contributed by atoms with Crippen LogP contribution >= 0.6 is 11.3 Å². The van der Waals surface area contributed by atoms with Crippen LogP contribution in [0.15, 0.2) is 80.2 Å². The molecule has 5 aromatic rings. The summed E-state index contributed by atoms with van der Waals surface area (Å²) in [7, 11) is -2.36. The third kappa shape index (κ3) is 3.20. The molecule has 3 heterocycles. The van der Waals surface area contributed by atoms with Crippen LogP contribution in [-0.4, -0.2) is 36.4 Å². The number of nitrogen functional groups attached to an aromatic ring is 1. The predicted molar refractivity (Wildman–Crippen MR) is 125 cm³/mol. The first-order valence-corrected chi connectivity index (χ1v) is 11.9. The van der Waals surface area contributed by atoms with Gasteiger partial charge in [0.25, 0.3) is 0 Å². The van der Waals surface area contributed by atoms with Gasteiger partial charge in [0.2, 0.25) is 9.84 Å². The average Bonchev–Trinajstić information content (AvgIpc) is 3.43. The molecule has 32 heavy (non-hydrogen) atoms. The van der Waals surface area contributed by atoms with E-state index in [0.29, 0.717) is 22.3 Å². The van der Waals surface area contributed by atoms with Gasteiger partial charge >= 0.3 is 0 Å². The van der Waals surface area contributed by atoms with E-state index in [4.69, 9.17) is 10.5 Å². The Bertz CT molecular complexity index is 1590. The number of sulfone groups is 1. The van der Waals surface area contributed by atoms with Gasteiger partial charge < -0.3 is 10.5 Å². The van der Waals surface area contributed by atoms with E-state index in [1.165, 1.54) is 10.7 Å². The molecule has 0 amide bonds. The van der Waals surface area contributed by atoms with Crippen LogP contribution in [0.2, 0.25) is 0 Å². The lowest BCUT2D eigenvalue weighted by atomic mass is 10.2. The number of ether oxygens (including phenoxy) is 1. The number of nitrogens with two attached hydrogens (primary N) is 1. The standard InChI is InChI=1S/C22H17N5O3S2/c1-30-17-10-5-2-7-14(17)13-24-27-21(23)20(32(28,29)18-11-6-12-31-18)19-22(27)26-16-9-4-3-8-15(16)25-19/h2-13H,23H2,1H3/b24-13-. The van der Waals surface area contributed by atoms with Gasteiger partial charge in [-0.1, -0.05) is 30.3 Å². The number of hydrogen-bond donors (Lipinski definition) is 1. The fourth-order valence-corrected chi connectivity index (χ4v) is 6.00. The van der Waals surface area contributed by atoms with Crippen molar-refractivity contribution in [3.05, 3.63) is 71.6 Å². The molecule has 0 saturated heterocycles. The molecule has 0 bridgehead atoms. The first kappa shape index (κ1) is 20.2. The van der Waals surface area contributed by atoms with Crippen LogP contribution in [0.25, 0.3) is 22.2 Å². The van der Waals surface area contributed by atoms with Crippen molar-refractivity contribution < 1.29 is 13.2 Å². The molecule has 2 N–H and O–H groups in total. The summed E-state index contributed by atoms with van der Waals surface area (Å²) >= 11 is 1.11. The Morgan fingerprint density at radius 2 is 1.75 bits per heavy atom. The molecule has 0 fully saturated rings. The molecular weight excluding hydrogens is 446 g/mol. The Balaban J connectivity index is 1.80. The Labute approximate surface area is 187 Å². The molecule has 0 saturated carbocycles. The highest BCUT2D eigenvalue weighted by Crippen LogP contribution is 2.36. The summed E-state index contributed by atoms with van der Waals surface area (Å²) < 4.78 is 33.7. The Kier molecular flexibility index (Phi) is 4.87. The van der Waals surface area contributed by atoms with Crippen molar-refractivity contribution in [2.45, 2.75) is 9.10 Å². The van der Waals surface area contributed by atoms with Gasteiger partial charge in [-0.25, -0.2) is 18.4 Å². The number of methoxy groups -OCH3 is 1. The minimum atomic E-state index is -3.92. The van der Waals surface area contributed by atoms with Crippen molar-refractivity contribution in [2.24, 2.45) is 5.10 Å². The smallest absolute Gasteiger partial charge is 0.221 e. The molecule has 0 aliphatic heterocycles. The highest BCUT2D eigenvalue weighted by Gasteiger charge is 2.31. The zero-order valence-corrected chi connectivity index (χ0v) is 18.5. The van der Waals surface area contributed by atoms with Gasteiger partial charge in [-0.3, -0.25) is 0 Å². The van der Waals surface area contributed by atoms with Gasteiger partial charge in [-0.05, 0) is 35.7 Å². The SMILES string of the molecule is COc1ccccc1/C=N\n1c(N)c(S(=O)(=O)c2cccs2)c2nc3ccccc3nc21. The van der Waals surface area contributed by atoms with E-state index in [9.17, 15) is 8.42 Å². The van der Waals surface area contributed by atoms with Crippen molar-refractivity contribution in [2.75, 3.05) is 12.8 Å². The second-order valence-corrected chi connectivity index (χ2v) is 9.89. The van der Waals surface area contributed by atoms with Crippen molar-refractivity contribution in [1.82, 2.24) is 14.6 Å². The maximum atomic E-state index is 13.4. The van der Waals surface area contributed by atoms with Crippen LogP contribution in [0, 0.1) is 0 Å². The van der Waals surface area contributed by atoms with Gasteiger partial charge in [0.15, 0.2) is 5.65 Å². The summed E-state index contributed by atoms with van der Waals surface area (Å²) in [5, 5.41) is 6.16. The highest BCUT2D eigenvalue weighted by atomic mass is 32.2. The molecule has 160 valence electrons. The summed E-state index contributed by atoms with van der Waals surface area (Å²) in [6.07, 6.45) is 1.55. The molecule has 0 atom stereocenters. The van der Waals surface area contributed by atoms with Crippen LogP contribution in [0.5, 0.6) is 5.75 Å². The van der Waals surface area contributed by atoms with Crippen molar-refractivity contribution >= 4 is 55.4 Å². The van der Waals surface area contributed by atoms with Gasteiger partial charge in [0, 0.05) is 5.56 Å². The third-order valence-electron chi connectivity index (χ3n) is 4.91. The van der Waals surface area contributed by atoms with Gasteiger partial charge in [0.1, 0.15) is 26.2 Å². The zero-order chi connectivity index (χ0) is 22.3. The topological polar surface area (TPSA) is 112 Å². The van der Waals surface area contributed by atoms with Crippen molar-refractivity contribution in [3.8, 4) is 5.75 Å². The van der Waals surface area contributed by atoms with E-state index in [-0.39, 0.29) is 26.1 Å². The minimum Gasteiger partial charge on any atom is -0.496 e. The quantitative estimate of drug-likeness (QED) is 0.395. The Hall–Kier alpha value is -3.76. The molecule has 10 heteroatoms. The monoisotopic (exact) mass is 463 g/mol. The summed E-state index contributed by atoms with van der Waals surface area (Å²) in [5.74, 6) is 0.559. The lowest BCUT2D eigenvalue weighted by Gasteiger charge is -2.04. The number of anilines is 1. The lowest BCUT2D eigenvalue weighted by Crippen LogP contribution is -2.05. The fraction of sp³-hybridized carbons (Fsp3) is 0.0455. The Morgan fingerprint density at radius 3 is 2.47 bits per heavy atom. The van der Waals surface area contributed by atoms with Crippen LogP contribution < -0.4 is 10.5 Å². The molecule has 3 aromatic heterocycles. The van der Waals surface area contributed by atoms with E-state index in [1.807, 2.05) is 30.3 Å². The summed E-state index contributed by atoms with van der Waals surface area (Å²) in [5.41, 5.74) is 8.66. The number of hydrogen-bond acceptors (Lipinski definition) is 8. The summed E-state index contributed by atoms with van der Waals surface area (Å²) in [6.45, 7) is 0. The van der Waals surface area contributed by atoms with Gasteiger partial charge in [-0.15, -0.1) is 11.3 Å². The predicted octanol–water partition coefficient (Wildman–Crippen LogP) is 3.95. The van der Waals surface area contributed by atoms with E-state index >= 15 is 0 Å². The number of thiophene rings is 1. The first-order valence-electron chi connectivity index (χ1n) is 9.53. The average molecular weight is 464 g/mol. The van der Waals surface area contributed by atoms with Crippen LogP contribution in [0.1, 0.15) is 5.56 Å². The maximum Gasteiger partial charge on any atom is 0.221 e. The largest absolute Gasteiger partial charge is 0.496 e. The molecule has 0 spiro atoms. The van der Waals surface area contributed by atoms with E-state index in [2.05, 4.69) is 15.1 Å². The third-order valence-corrected chi connectivity index (χ3v) is 8.12. The molecule has 2 aromatic carbocycles. The van der Waals surface area contributed by atoms with Crippen molar-refractivity contribution in [1.29, 1.82) is 0 Å². The number of aromatic nitrogens is 3. The second-order valence-electron chi connectivity index (χ2n) is 6.83. The number of nitrogens with zero attached hydrogens (tertiary/aromatic N) is 4. The maximum absolute atomic E-state index is 13.4. The minimum absolute atomic E-state index is 0.0603. The molecule has 0 aliphatic rings. The summed E-state index contributed by atoms with van der Waals surface area (Å²) in [4.78, 5) is 9.10.